The fourth-order valence-corrected chi connectivity index (χ4v) is 4.75. The fourth-order valence-electron chi connectivity index (χ4n) is 2.81. The standard InChI is InChI=1S/C20H25N7O4S2/c1-3-14(15-9-12(7-8-24-15)27-33(29,30)13-5-6-13)26-20(28)19(22)32-18(21)16-10-23-11-17(25-16)31-4-2/h7-11,13-14,21-22H,3-6H2,1-2H3,(H,24,27)(H,26,28)/t14-/m1/s1. The minimum atomic E-state index is -3.42. The van der Waals surface area contributed by atoms with Gasteiger partial charge in [-0.05, 0) is 50.1 Å². The quantitative estimate of drug-likeness (QED) is 0.306. The van der Waals surface area contributed by atoms with Gasteiger partial charge in [-0.25, -0.2) is 13.4 Å². The molecule has 13 heteroatoms. The number of thioether (sulfide) groups is 1. The lowest BCUT2D eigenvalue weighted by atomic mass is 10.1. The Morgan fingerprint density at radius 1 is 1.30 bits per heavy atom. The summed E-state index contributed by atoms with van der Waals surface area (Å²) in [5.74, 6) is -0.429. The largest absolute Gasteiger partial charge is 0.477 e. The second kappa shape index (κ2) is 10.7. The van der Waals surface area contributed by atoms with Gasteiger partial charge in [0.25, 0.3) is 5.91 Å². The summed E-state index contributed by atoms with van der Waals surface area (Å²) >= 11 is 0.641. The number of pyridine rings is 1. The maximum Gasteiger partial charge on any atom is 0.276 e. The van der Waals surface area contributed by atoms with Crippen LogP contribution < -0.4 is 14.8 Å². The zero-order chi connectivity index (χ0) is 24.0. The number of nitrogens with zero attached hydrogens (tertiary/aromatic N) is 3. The minimum Gasteiger partial charge on any atom is -0.477 e. The van der Waals surface area contributed by atoms with Gasteiger partial charge in [-0.1, -0.05) is 6.92 Å². The van der Waals surface area contributed by atoms with Gasteiger partial charge < -0.3 is 10.1 Å². The lowest BCUT2D eigenvalue weighted by molar-refractivity contribution is -0.115. The Kier molecular flexibility index (Phi) is 7.97. The van der Waals surface area contributed by atoms with Crippen molar-refractivity contribution in [2.75, 3.05) is 11.3 Å². The molecule has 0 bridgehead atoms. The molecule has 176 valence electrons. The number of ether oxygens (including phenoxy) is 1. The van der Waals surface area contributed by atoms with Gasteiger partial charge in [0, 0.05) is 6.20 Å². The number of rotatable bonds is 9. The minimum absolute atomic E-state index is 0.119. The van der Waals surface area contributed by atoms with E-state index in [2.05, 4.69) is 25.0 Å². The molecule has 2 aromatic rings. The zero-order valence-corrected chi connectivity index (χ0v) is 19.8. The van der Waals surface area contributed by atoms with Gasteiger partial charge in [-0.3, -0.25) is 30.3 Å². The molecule has 1 atom stereocenters. The molecule has 1 saturated carbocycles. The van der Waals surface area contributed by atoms with Crippen molar-refractivity contribution < 1.29 is 17.9 Å². The molecule has 0 radical (unpaired) electrons. The van der Waals surface area contributed by atoms with Crippen LogP contribution in [0.25, 0.3) is 0 Å². The third-order valence-corrected chi connectivity index (χ3v) is 7.29. The first kappa shape index (κ1) is 24.6. The van der Waals surface area contributed by atoms with E-state index in [1.807, 2.05) is 6.92 Å². The summed E-state index contributed by atoms with van der Waals surface area (Å²) in [6, 6.07) is 2.58. The second-order valence-corrected chi connectivity index (χ2v) is 10.2. The number of sulfonamides is 1. The molecule has 0 aliphatic heterocycles. The molecule has 0 unspecified atom stereocenters. The lowest BCUT2D eigenvalue weighted by Gasteiger charge is -2.18. The van der Waals surface area contributed by atoms with Crippen LogP contribution in [0.4, 0.5) is 5.69 Å². The summed E-state index contributed by atoms with van der Waals surface area (Å²) in [5, 5.41) is 18.0. The summed E-state index contributed by atoms with van der Waals surface area (Å²) in [5.41, 5.74) is 1.02. The molecule has 0 spiro atoms. The lowest BCUT2D eigenvalue weighted by Crippen LogP contribution is -2.33. The summed E-state index contributed by atoms with van der Waals surface area (Å²) in [4.78, 5) is 24.9. The summed E-state index contributed by atoms with van der Waals surface area (Å²) in [7, 11) is -3.42. The molecular formula is C20H25N7O4S2. The van der Waals surface area contributed by atoms with Gasteiger partial charge in [0.05, 0.1) is 41.7 Å². The van der Waals surface area contributed by atoms with Gasteiger partial charge in [0.15, 0.2) is 5.04 Å². The summed E-state index contributed by atoms with van der Waals surface area (Å²) < 4.78 is 32.2. The van der Waals surface area contributed by atoms with Crippen molar-refractivity contribution >= 4 is 43.5 Å². The van der Waals surface area contributed by atoms with Crippen molar-refractivity contribution in [2.24, 2.45) is 0 Å². The molecular weight excluding hydrogens is 466 g/mol. The van der Waals surface area contributed by atoms with E-state index in [0.29, 0.717) is 49.0 Å². The molecule has 1 amide bonds. The highest BCUT2D eigenvalue weighted by Gasteiger charge is 2.35. The average Bonchev–Trinajstić information content (AvgIpc) is 3.64. The predicted octanol–water partition coefficient (Wildman–Crippen LogP) is 2.48. The molecule has 0 saturated heterocycles. The van der Waals surface area contributed by atoms with Crippen molar-refractivity contribution in [3.05, 3.63) is 42.1 Å². The Labute approximate surface area is 196 Å². The smallest absolute Gasteiger partial charge is 0.276 e. The number of carbonyl (C=O) groups excluding carboxylic acids is 1. The Morgan fingerprint density at radius 2 is 2.06 bits per heavy atom. The Hall–Kier alpha value is -3.06. The SMILES string of the molecule is CCOc1cncc(C(=N)SC(=N)C(=O)N[C@H](CC)c2cc(NS(=O)(=O)C3CC3)ccn2)n1. The van der Waals surface area contributed by atoms with E-state index in [1.165, 1.54) is 18.6 Å². The first-order chi connectivity index (χ1) is 15.7. The summed E-state index contributed by atoms with van der Waals surface area (Å²) in [6.07, 6.45) is 6.01. The highest BCUT2D eigenvalue weighted by molar-refractivity contribution is 8.28. The molecule has 2 aromatic heterocycles. The molecule has 3 rings (SSSR count). The molecule has 0 aromatic carbocycles. The molecule has 1 fully saturated rings. The van der Waals surface area contributed by atoms with Gasteiger partial charge in [-0.15, -0.1) is 0 Å². The van der Waals surface area contributed by atoms with Crippen molar-refractivity contribution in [1.29, 1.82) is 10.8 Å². The first-order valence-corrected chi connectivity index (χ1v) is 12.7. The van der Waals surface area contributed by atoms with Gasteiger partial charge in [0.2, 0.25) is 15.9 Å². The van der Waals surface area contributed by atoms with Crippen LogP contribution in [0.3, 0.4) is 0 Å². The molecule has 1 aliphatic carbocycles. The number of aromatic nitrogens is 3. The fraction of sp³-hybridized carbons (Fsp3) is 0.400. The van der Waals surface area contributed by atoms with E-state index in [-0.39, 0.29) is 21.9 Å². The van der Waals surface area contributed by atoms with E-state index in [1.54, 1.807) is 19.1 Å². The van der Waals surface area contributed by atoms with Crippen LogP contribution >= 0.6 is 11.8 Å². The van der Waals surface area contributed by atoms with Crippen molar-refractivity contribution in [2.45, 2.75) is 44.4 Å². The Morgan fingerprint density at radius 3 is 2.73 bits per heavy atom. The number of nitrogens with one attached hydrogen (secondary N) is 4. The monoisotopic (exact) mass is 491 g/mol. The third kappa shape index (κ3) is 6.71. The first-order valence-electron chi connectivity index (χ1n) is 10.3. The van der Waals surface area contributed by atoms with Crippen molar-refractivity contribution in [1.82, 2.24) is 20.3 Å². The third-order valence-electron chi connectivity index (χ3n) is 4.62. The second-order valence-electron chi connectivity index (χ2n) is 7.19. The van der Waals surface area contributed by atoms with Crippen LogP contribution in [0.2, 0.25) is 0 Å². The van der Waals surface area contributed by atoms with Gasteiger partial charge in [-0.2, -0.15) is 0 Å². The van der Waals surface area contributed by atoms with Crippen LogP contribution in [-0.4, -0.2) is 51.2 Å². The highest BCUT2D eigenvalue weighted by atomic mass is 32.2. The van der Waals surface area contributed by atoms with Crippen LogP contribution in [0.15, 0.2) is 30.7 Å². The van der Waals surface area contributed by atoms with Crippen LogP contribution in [-0.2, 0) is 14.8 Å². The normalized spacial score (nSPS) is 14.2. The number of hydrogen-bond acceptors (Lipinski definition) is 10. The predicted molar refractivity (Wildman–Crippen MR) is 126 cm³/mol. The molecule has 2 heterocycles. The molecule has 33 heavy (non-hydrogen) atoms. The van der Waals surface area contributed by atoms with E-state index in [4.69, 9.17) is 15.6 Å². The highest BCUT2D eigenvalue weighted by Crippen LogP contribution is 2.30. The summed E-state index contributed by atoms with van der Waals surface area (Å²) in [6.45, 7) is 4.03. The molecule has 1 aliphatic rings. The number of hydrogen-bond donors (Lipinski definition) is 4. The van der Waals surface area contributed by atoms with Crippen molar-refractivity contribution in [3.8, 4) is 5.88 Å². The van der Waals surface area contributed by atoms with Gasteiger partial charge in [0.1, 0.15) is 10.7 Å². The van der Waals surface area contributed by atoms with Crippen molar-refractivity contribution in [3.63, 3.8) is 0 Å². The van der Waals surface area contributed by atoms with E-state index in [9.17, 15) is 13.2 Å². The maximum absolute atomic E-state index is 12.6. The Bertz CT molecular complexity index is 1150. The van der Waals surface area contributed by atoms with E-state index in [0.717, 1.165) is 0 Å². The molecule has 4 N–H and O–H groups in total. The topological polar surface area (TPSA) is 171 Å². The molecule has 11 nitrogen and oxygen atoms in total. The van der Waals surface area contributed by atoms with Crippen LogP contribution in [0.1, 0.15) is 50.5 Å². The van der Waals surface area contributed by atoms with E-state index >= 15 is 0 Å². The van der Waals surface area contributed by atoms with Crippen LogP contribution in [0, 0.1) is 10.8 Å². The Balaban J connectivity index is 1.63. The number of amides is 1. The van der Waals surface area contributed by atoms with Gasteiger partial charge >= 0.3 is 0 Å². The average molecular weight is 492 g/mol. The zero-order valence-electron chi connectivity index (χ0n) is 18.2. The maximum atomic E-state index is 12.6. The number of anilines is 1. The van der Waals surface area contributed by atoms with Crippen LogP contribution in [0.5, 0.6) is 5.88 Å². The number of carbonyl (C=O) groups is 1. The van der Waals surface area contributed by atoms with E-state index < -0.39 is 27.0 Å².